The van der Waals surface area contributed by atoms with Gasteiger partial charge >= 0.3 is 5.97 Å². The van der Waals surface area contributed by atoms with Crippen molar-refractivity contribution in [1.82, 2.24) is 5.32 Å². The van der Waals surface area contributed by atoms with E-state index in [1.165, 1.54) is 13.2 Å². The molecule has 0 aliphatic carbocycles. The fourth-order valence-electron chi connectivity index (χ4n) is 1.86. The van der Waals surface area contributed by atoms with Gasteiger partial charge in [0, 0.05) is 13.0 Å². The largest absolute Gasteiger partial charge is 0.494 e. The molecule has 1 amide bonds. The van der Waals surface area contributed by atoms with Gasteiger partial charge in [-0.1, -0.05) is 12.1 Å². The van der Waals surface area contributed by atoms with Crippen molar-refractivity contribution in [3.05, 3.63) is 29.6 Å². The van der Waals surface area contributed by atoms with E-state index in [0.717, 1.165) is 0 Å². The van der Waals surface area contributed by atoms with E-state index < -0.39 is 17.2 Å². The lowest BCUT2D eigenvalue weighted by molar-refractivity contribution is -0.147. The van der Waals surface area contributed by atoms with Crippen molar-refractivity contribution in [2.45, 2.75) is 33.1 Å². The number of hydrogen-bond acceptors (Lipinski definition) is 3. The Bertz CT molecular complexity index is 543. The zero-order valence-electron chi connectivity index (χ0n) is 13.1. The van der Waals surface area contributed by atoms with Gasteiger partial charge in [-0.2, -0.15) is 0 Å². The van der Waals surface area contributed by atoms with E-state index in [9.17, 15) is 14.0 Å². The average molecular weight is 311 g/mol. The number of methoxy groups -OCH3 is 1. The molecule has 122 valence electrons. The van der Waals surface area contributed by atoms with Gasteiger partial charge in [-0.15, -0.1) is 0 Å². The molecule has 0 unspecified atom stereocenters. The molecule has 5 nitrogen and oxygen atoms in total. The van der Waals surface area contributed by atoms with Crippen LogP contribution in [-0.4, -0.2) is 30.6 Å². The van der Waals surface area contributed by atoms with Crippen molar-refractivity contribution in [3.63, 3.8) is 0 Å². The zero-order chi connectivity index (χ0) is 16.8. The van der Waals surface area contributed by atoms with Crippen molar-refractivity contribution >= 4 is 11.9 Å². The molecule has 1 rings (SSSR count). The number of amides is 1. The lowest BCUT2D eigenvalue weighted by Crippen LogP contribution is -2.32. The average Bonchev–Trinajstić information content (AvgIpc) is 2.45. The number of halogens is 1. The van der Waals surface area contributed by atoms with Crippen LogP contribution in [0, 0.1) is 11.2 Å². The number of carboxylic acids is 1. The third kappa shape index (κ3) is 5.02. The number of nitrogens with one attached hydrogen (secondary N) is 1. The Balaban J connectivity index is 2.43. The van der Waals surface area contributed by atoms with Gasteiger partial charge in [0.25, 0.3) is 0 Å². The van der Waals surface area contributed by atoms with Crippen molar-refractivity contribution in [1.29, 1.82) is 0 Å². The highest BCUT2D eigenvalue weighted by atomic mass is 19.1. The number of benzene rings is 1. The Hall–Kier alpha value is -2.11. The molecule has 22 heavy (non-hydrogen) atoms. The van der Waals surface area contributed by atoms with E-state index in [4.69, 9.17) is 9.84 Å². The molecule has 2 N–H and O–H groups in total. The summed E-state index contributed by atoms with van der Waals surface area (Å²) in [5.41, 5.74) is -0.466. The number of carbonyl (C=O) groups is 2. The summed E-state index contributed by atoms with van der Waals surface area (Å²) in [6, 6.07) is 4.80. The minimum atomic E-state index is -0.903. The molecule has 0 heterocycles. The van der Waals surface area contributed by atoms with E-state index in [0.29, 0.717) is 12.0 Å². The first kappa shape index (κ1) is 17.9. The van der Waals surface area contributed by atoms with E-state index in [2.05, 4.69) is 5.32 Å². The molecule has 0 radical (unpaired) electrons. The molecule has 0 saturated heterocycles. The van der Waals surface area contributed by atoms with Crippen LogP contribution in [0.5, 0.6) is 5.75 Å². The van der Waals surface area contributed by atoms with E-state index >= 15 is 0 Å². The van der Waals surface area contributed by atoms with Gasteiger partial charge < -0.3 is 15.2 Å². The Kier molecular flexibility index (Phi) is 6.34. The summed E-state index contributed by atoms with van der Waals surface area (Å²) in [4.78, 5) is 22.7. The van der Waals surface area contributed by atoms with Crippen LogP contribution in [0.4, 0.5) is 4.39 Å². The minimum absolute atomic E-state index is 0.136. The molecule has 0 atom stereocenters. The Morgan fingerprint density at radius 2 is 2.05 bits per heavy atom. The molecule has 1 aromatic carbocycles. The lowest BCUT2D eigenvalue weighted by atomic mass is 9.90. The Labute approximate surface area is 129 Å². The minimum Gasteiger partial charge on any atom is -0.494 e. The SMILES string of the molecule is COc1cccc(CCC(=O)NCCC(C)(C)C(=O)O)c1F. The van der Waals surface area contributed by atoms with Crippen LogP contribution in [0.2, 0.25) is 0 Å². The van der Waals surface area contributed by atoms with Crippen LogP contribution < -0.4 is 10.1 Å². The second-order valence-electron chi connectivity index (χ2n) is 5.72. The molecule has 0 aliphatic heterocycles. The van der Waals surface area contributed by atoms with Gasteiger partial charge in [0.15, 0.2) is 11.6 Å². The first-order chi connectivity index (χ1) is 10.3. The molecule has 0 fully saturated rings. The van der Waals surface area contributed by atoms with Crippen LogP contribution in [0.3, 0.4) is 0 Å². The summed E-state index contributed by atoms with van der Waals surface area (Å²) in [6.07, 6.45) is 0.733. The van der Waals surface area contributed by atoms with Crippen molar-refractivity contribution in [3.8, 4) is 5.75 Å². The highest BCUT2D eigenvalue weighted by molar-refractivity contribution is 5.76. The highest BCUT2D eigenvalue weighted by Crippen LogP contribution is 2.21. The Morgan fingerprint density at radius 3 is 2.64 bits per heavy atom. The lowest BCUT2D eigenvalue weighted by Gasteiger charge is -2.18. The van der Waals surface area contributed by atoms with E-state index in [1.807, 2.05) is 0 Å². The Morgan fingerprint density at radius 1 is 1.36 bits per heavy atom. The smallest absolute Gasteiger partial charge is 0.309 e. The van der Waals surface area contributed by atoms with Gasteiger partial charge in [0.05, 0.1) is 12.5 Å². The quantitative estimate of drug-likeness (QED) is 0.773. The van der Waals surface area contributed by atoms with Crippen molar-refractivity contribution < 1.29 is 23.8 Å². The molecule has 0 spiro atoms. The van der Waals surface area contributed by atoms with Crippen LogP contribution >= 0.6 is 0 Å². The first-order valence-corrected chi connectivity index (χ1v) is 7.09. The highest BCUT2D eigenvalue weighted by Gasteiger charge is 2.26. The monoisotopic (exact) mass is 311 g/mol. The molecule has 0 aromatic heterocycles. The number of aryl methyl sites for hydroxylation is 1. The maximum absolute atomic E-state index is 13.9. The number of carbonyl (C=O) groups excluding carboxylic acids is 1. The van der Waals surface area contributed by atoms with Crippen molar-refractivity contribution in [2.24, 2.45) is 5.41 Å². The third-order valence-corrected chi connectivity index (χ3v) is 3.54. The topological polar surface area (TPSA) is 75.6 Å². The van der Waals surface area contributed by atoms with E-state index in [1.54, 1.807) is 26.0 Å². The molecule has 0 saturated carbocycles. The number of hydrogen-bond donors (Lipinski definition) is 2. The number of aliphatic carboxylic acids is 1. The molecule has 0 bridgehead atoms. The van der Waals surface area contributed by atoms with Crippen molar-refractivity contribution in [2.75, 3.05) is 13.7 Å². The normalized spacial score (nSPS) is 11.1. The molecule has 0 aliphatic rings. The summed E-state index contributed by atoms with van der Waals surface area (Å²) in [5, 5.41) is 11.6. The predicted octanol–water partition coefficient (Wildman–Crippen LogP) is 2.38. The number of carboxylic acid groups (broad SMARTS) is 1. The number of rotatable bonds is 8. The maximum Gasteiger partial charge on any atom is 0.309 e. The van der Waals surface area contributed by atoms with Crippen LogP contribution in [0.25, 0.3) is 0 Å². The molecule has 6 heteroatoms. The fraction of sp³-hybridized carbons (Fsp3) is 0.500. The van der Waals surface area contributed by atoms with Crippen LogP contribution in [-0.2, 0) is 16.0 Å². The summed E-state index contributed by atoms with van der Waals surface area (Å²) in [7, 11) is 1.39. The maximum atomic E-state index is 13.9. The first-order valence-electron chi connectivity index (χ1n) is 7.09. The van der Waals surface area contributed by atoms with Gasteiger partial charge in [0.2, 0.25) is 5.91 Å². The zero-order valence-corrected chi connectivity index (χ0v) is 13.1. The van der Waals surface area contributed by atoms with Gasteiger partial charge in [-0.05, 0) is 38.3 Å². The van der Waals surface area contributed by atoms with Crippen LogP contribution in [0.1, 0.15) is 32.3 Å². The summed E-state index contributed by atoms with van der Waals surface area (Å²) >= 11 is 0. The molecular formula is C16H22FNO4. The second kappa shape index (κ2) is 7.77. The number of ether oxygens (including phenoxy) is 1. The molecule has 1 aromatic rings. The molecular weight excluding hydrogens is 289 g/mol. The third-order valence-electron chi connectivity index (χ3n) is 3.54. The van der Waals surface area contributed by atoms with Gasteiger partial charge in [-0.3, -0.25) is 9.59 Å². The summed E-state index contributed by atoms with van der Waals surface area (Å²) in [6.45, 7) is 3.49. The predicted molar refractivity (Wildman–Crippen MR) is 80.3 cm³/mol. The summed E-state index contributed by atoms with van der Waals surface area (Å²) in [5.74, 6) is -1.44. The summed E-state index contributed by atoms with van der Waals surface area (Å²) < 4.78 is 18.8. The van der Waals surface area contributed by atoms with Gasteiger partial charge in [0.1, 0.15) is 0 Å². The van der Waals surface area contributed by atoms with Gasteiger partial charge in [-0.25, -0.2) is 4.39 Å². The van der Waals surface area contributed by atoms with E-state index in [-0.39, 0.29) is 31.0 Å². The fourth-order valence-corrected chi connectivity index (χ4v) is 1.86. The standard InChI is InChI=1S/C16H22FNO4/c1-16(2,15(20)21)9-10-18-13(19)8-7-11-5-4-6-12(22-3)14(11)17/h4-6H,7-10H2,1-3H3,(H,18,19)(H,20,21). The second-order valence-corrected chi connectivity index (χ2v) is 5.72. The van der Waals surface area contributed by atoms with Crippen LogP contribution in [0.15, 0.2) is 18.2 Å².